The minimum Gasteiger partial charge on any atom is -0.459 e. The van der Waals surface area contributed by atoms with Crippen molar-refractivity contribution in [2.24, 2.45) is 5.73 Å². The molecule has 1 aliphatic carbocycles. The maximum atomic E-state index is 13.0. The fourth-order valence-electron chi connectivity index (χ4n) is 4.19. The molecule has 0 spiro atoms. The van der Waals surface area contributed by atoms with Crippen molar-refractivity contribution >= 4 is 11.7 Å². The minimum absolute atomic E-state index is 0.0308. The van der Waals surface area contributed by atoms with Crippen molar-refractivity contribution in [2.45, 2.75) is 44.9 Å². The third-order valence-electron chi connectivity index (χ3n) is 5.81. The highest BCUT2D eigenvalue weighted by Crippen LogP contribution is 2.44. The molecule has 31 heavy (non-hydrogen) atoms. The molecule has 7 heteroatoms. The standard InChI is InChI=1S/C24H24N4O3/c1-14(2)15-8-10-16(11-9-15)21-17(13-25)23(26)28(18-5-3-6-19(29)22(18)21)27-24(30)20-7-4-12-31-20/h4,7-12,14,21H,3,5-6,26H2,1-2H3,(H,27,30). The largest absolute Gasteiger partial charge is 0.459 e. The predicted molar refractivity (Wildman–Crippen MR) is 114 cm³/mol. The fraction of sp³-hybridized carbons (Fsp3) is 0.292. The lowest BCUT2D eigenvalue weighted by Gasteiger charge is -2.39. The fourth-order valence-corrected chi connectivity index (χ4v) is 4.19. The number of allylic oxidation sites excluding steroid dienone is 3. The van der Waals surface area contributed by atoms with E-state index in [1.165, 1.54) is 22.9 Å². The van der Waals surface area contributed by atoms with Crippen LogP contribution in [0.3, 0.4) is 0 Å². The van der Waals surface area contributed by atoms with Crippen LogP contribution in [0.15, 0.2) is 69.7 Å². The smallest absolute Gasteiger partial charge is 0.305 e. The Hall–Kier alpha value is -3.79. The molecule has 2 aliphatic rings. The number of hydrogen-bond donors (Lipinski definition) is 2. The molecular weight excluding hydrogens is 392 g/mol. The summed E-state index contributed by atoms with van der Waals surface area (Å²) >= 11 is 0. The molecule has 0 saturated heterocycles. The van der Waals surface area contributed by atoms with Gasteiger partial charge in [-0.15, -0.1) is 0 Å². The summed E-state index contributed by atoms with van der Waals surface area (Å²) in [5, 5.41) is 11.4. The van der Waals surface area contributed by atoms with E-state index in [1.54, 1.807) is 6.07 Å². The van der Waals surface area contributed by atoms with E-state index in [-0.39, 0.29) is 22.9 Å². The van der Waals surface area contributed by atoms with E-state index >= 15 is 0 Å². The molecule has 1 atom stereocenters. The van der Waals surface area contributed by atoms with Gasteiger partial charge in [-0.1, -0.05) is 38.1 Å². The quantitative estimate of drug-likeness (QED) is 0.783. The number of Topliss-reactive ketones (excluding diaryl/α,β-unsaturated/α-hetero) is 1. The van der Waals surface area contributed by atoms with E-state index in [0.29, 0.717) is 36.5 Å². The van der Waals surface area contributed by atoms with Crippen molar-refractivity contribution in [1.82, 2.24) is 10.4 Å². The van der Waals surface area contributed by atoms with Crippen LogP contribution in [0.2, 0.25) is 0 Å². The summed E-state index contributed by atoms with van der Waals surface area (Å²) in [5.74, 6) is -0.483. The van der Waals surface area contributed by atoms with Gasteiger partial charge in [0.2, 0.25) is 0 Å². The van der Waals surface area contributed by atoms with Crippen molar-refractivity contribution < 1.29 is 14.0 Å². The van der Waals surface area contributed by atoms with Crippen LogP contribution in [0.5, 0.6) is 0 Å². The number of amides is 1. The van der Waals surface area contributed by atoms with Gasteiger partial charge < -0.3 is 10.2 Å². The van der Waals surface area contributed by atoms with Gasteiger partial charge in [-0.25, -0.2) is 5.01 Å². The van der Waals surface area contributed by atoms with Gasteiger partial charge in [0.15, 0.2) is 11.5 Å². The first kappa shape index (κ1) is 20.5. The topological polar surface area (TPSA) is 112 Å². The number of hydrazine groups is 1. The lowest BCUT2D eigenvalue weighted by molar-refractivity contribution is -0.116. The molecule has 1 aliphatic heterocycles. The molecule has 0 saturated carbocycles. The average molecular weight is 416 g/mol. The number of nitrogens with two attached hydrogens (primary N) is 1. The van der Waals surface area contributed by atoms with Crippen LogP contribution in [0.1, 0.15) is 66.6 Å². The number of benzene rings is 1. The van der Waals surface area contributed by atoms with Crippen LogP contribution in [0, 0.1) is 11.3 Å². The first-order valence-corrected chi connectivity index (χ1v) is 10.3. The highest BCUT2D eigenvalue weighted by Gasteiger charge is 2.40. The Morgan fingerprint density at radius 1 is 1.26 bits per heavy atom. The average Bonchev–Trinajstić information content (AvgIpc) is 3.30. The molecule has 0 bridgehead atoms. The van der Waals surface area contributed by atoms with Crippen LogP contribution in [0.25, 0.3) is 0 Å². The summed E-state index contributed by atoms with van der Waals surface area (Å²) in [6.07, 6.45) is 3.02. The third-order valence-corrected chi connectivity index (χ3v) is 5.81. The monoisotopic (exact) mass is 416 g/mol. The highest BCUT2D eigenvalue weighted by molar-refractivity contribution is 6.00. The second kappa shape index (κ2) is 8.15. The SMILES string of the molecule is CC(C)c1ccc(C2C(C#N)=C(N)N(NC(=O)c3ccco3)C3=C2C(=O)CCC3)cc1. The summed E-state index contributed by atoms with van der Waals surface area (Å²) in [6.45, 7) is 4.22. The summed E-state index contributed by atoms with van der Waals surface area (Å²) in [7, 11) is 0. The number of rotatable bonds is 4. The van der Waals surface area contributed by atoms with Gasteiger partial charge in [0.25, 0.3) is 0 Å². The second-order valence-corrected chi connectivity index (χ2v) is 8.06. The molecule has 7 nitrogen and oxygen atoms in total. The zero-order valence-electron chi connectivity index (χ0n) is 17.5. The van der Waals surface area contributed by atoms with Crippen LogP contribution >= 0.6 is 0 Å². The first-order valence-electron chi connectivity index (χ1n) is 10.3. The Bertz CT molecular complexity index is 1120. The van der Waals surface area contributed by atoms with Gasteiger partial charge in [0.1, 0.15) is 5.82 Å². The van der Waals surface area contributed by atoms with Crippen LogP contribution in [-0.4, -0.2) is 16.7 Å². The molecule has 0 fully saturated rings. The second-order valence-electron chi connectivity index (χ2n) is 8.06. The Morgan fingerprint density at radius 3 is 2.61 bits per heavy atom. The van der Waals surface area contributed by atoms with Gasteiger partial charge >= 0.3 is 5.91 Å². The molecule has 1 unspecified atom stereocenters. The predicted octanol–water partition coefficient (Wildman–Crippen LogP) is 3.85. The molecule has 2 aromatic rings. The third kappa shape index (κ3) is 3.61. The number of nitrogens with zero attached hydrogens (tertiary/aromatic N) is 2. The zero-order valence-corrected chi connectivity index (χ0v) is 17.5. The van der Waals surface area contributed by atoms with E-state index in [4.69, 9.17) is 10.2 Å². The molecule has 4 rings (SSSR count). The number of carbonyl (C=O) groups is 2. The zero-order chi connectivity index (χ0) is 22.1. The van der Waals surface area contributed by atoms with Crippen molar-refractivity contribution in [3.63, 3.8) is 0 Å². The number of carbonyl (C=O) groups excluding carboxylic acids is 2. The lowest BCUT2D eigenvalue weighted by Crippen LogP contribution is -2.48. The minimum atomic E-state index is -0.550. The van der Waals surface area contributed by atoms with Crippen molar-refractivity contribution in [1.29, 1.82) is 5.26 Å². The van der Waals surface area contributed by atoms with Gasteiger partial charge in [-0.2, -0.15) is 5.26 Å². The number of hydrogen-bond acceptors (Lipinski definition) is 6. The molecule has 2 heterocycles. The summed E-state index contributed by atoms with van der Waals surface area (Å²) in [4.78, 5) is 25.6. The molecule has 3 N–H and O–H groups in total. The van der Waals surface area contributed by atoms with Crippen LogP contribution < -0.4 is 11.2 Å². The molecule has 1 amide bonds. The van der Waals surface area contributed by atoms with Gasteiger partial charge in [0.05, 0.1) is 23.8 Å². The first-order chi connectivity index (χ1) is 14.9. The lowest BCUT2D eigenvalue weighted by atomic mass is 9.76. The number of nitrogens with one attached hydrogen (secondary N) is 1. The Morgan fingerprint density at radius 2 is 2.00 bits per heavy atom. The number of furan rings is 1. The van der Waals surface area contributed by atoms with E-state index in [9.17, 15) is 14.9 Å². The molecular formula is C24H24N4O3. The van der Waals surface area contributed by atoms with Gasteiger partial charge in [0, 0.05) is 17.7 Å². The van der Waals surface area contributed by atoms with E-state index < -0.39 is 11.8 Å². The molecule has 0 radical (unpaired) electrons. The van der Waals surface area contributed by atoms with Crippen LogP contribution in [-0.2, 0) is 4.79 Å². The number of ketones is 1. The summed E-state index contributed by atoms with van der Waals surface area (Å²) in [5.41, 5.74) is 12.5. The Balaban J connectivity index is 1.80. The van der Waals surface area contributed by atoms with Crippen molar-refractivity contribution in [3.8, 4) is 6.07 Å². The molecule has 158 valence electrons. The van der Waals surface area contributed by atoms with Crippen LogP contribution in [0.4, 0.5) is 0 Å². The Kier molecular flexibility index (Phi) is 5.38. The normalized spacial score (nSPS) is 18.8. The van der Waals surface area contributed by atoms with Gasteiger partial charge in [-0.3, -0.25) is 15.0 Å². The molecule has 1 aromatic heterocycles. The summed E-state index contributed by atoms with van der Waals surface area (Å²) in [6, 6.07) is 13.3. The van der Waals surface area contributed by atoms with Crippen molar-refractivity contribution in [2.75, 3.05) is 0 Å². The number of nitriles is 1. The van der Waals surface area contributed by atoms with Gasteiger partial charge in [-0.05, 0) is 42.0 Å². The highest BCUT2D eigenvalue weighted by atomic mass is 16.3. The molecule has 1 aromatic carbocycles. The maximum Gasteiger partial charge on any atom is 0.305 e. The maximum absolute atomic E-state index is 13.0. The van der Waals surface area contributed by atoms with E-state index in [2.05, 4.69) is 25.3 Å². The summed E-state index contributed by atoms with van der Waals surface area (Å²) < 4.78 is 5.16. The van der Waals surface area contributed by atoms with E-state index in [1.807, 2.05) is 24.3 Å². The Labute approximate surface area is 180 Å². The van der Waals surface area contributed by atoms with E-state index in [0.717, 1.165) is 5.56 Å². The van der Waals surface area contributed by atoms with Crippen molar-refractivity contribution in [3.05, 3.63) is 82.2 Å².